The van der Waals surface area contributed by atoms with Crippen LogP contribution in [0.4, 0.5) is 5.69 Å². The second-order valence-corrected chi connectivity index (χ2v) is 5.89. The van der Waals surface area contributed by atoms with Crippen molar-refractivity contribution in [2.45, 2.75) is 12.6 Å². The Bertz CT molecular complexity index is 767. The number of benzene rings is 1. The summed E-state index contributed by atoms with van der Waals surface area (Å²) in [4.78, 5) is 24.6. The molecule has 8 nitrogen and oxygen atoms in total. The van der Waals surface area contributed by atoms with Crippen molar-refractivity contribution in [3.05, 3.63) is 57.4 Å². The Hall–Kier alpha value is -2.16. The number of carbonyl (C=O) groups is 1. The van der Waals surface area contributed by atoms with E-state index in [2.05, 4.69) is 10.4 Å². The van der Waals surface area contributed by atoms with Crippen LogP contribution in [0.15, 0.2) is 36.7 Å². The van der Waals surface area contributed by atoms with Crippen LogP contribution >= 0.6 is 24.0 Å². The maximum atomic E-state index is 12.7. The van der Waals surface area contributed by atoms with Crippen LogP contribution in [-0.4, -0.2) is 45.1 Å². The highest BCUT2D eigenvalue weighted by Crippen LogP contribution is 2.28. The Morgan fingerprint density at radius 1 is 1.44 bits per heavy atom. The summed E-state index contributed by atoms with van der Waals surface area (Å²) >= 11 is 6.27. The van der Waals surface area contributed by atoms with Gasteiger partial charge in [-0.05, 0) is 11.6 Å². The molecule has 1 aromatic carbocycles. The normalized spacial score (nSPS) is 17.0. The molecule has 0 bridgehead atoms. The van der Waals surface area contributed by atoms with Crippen LogP contribution in [0.5, 0.6) is 0 Å². The molecular weight excluding hydrogens is 369 g/mol. The average Bonchev–Trinajstić information content (AvgIpc) is 3.04. The zero-order valence-corrected chi connectivity index (χ0v) is 14.7. The van der Waals surface area contributed by atoms with Crippen LogP contribution in [0.1, 0.15) is 11.6 Å². The second-order valence-electron chi connectivity index (χ2n) is 5.48. The van der Waals surface area contributed by atoms with Gasteiger partial charge in [0.25, 0.3) is 0 Å². The molecule has 0 aliphatic carbocycles. The average molecular weight is 386 g/mol. The molecule has 2 aromatic rings. The lowest BCUT2D eigenvalue weighted by Crippen LogP contribution is -2.49. The second kappa shape index (κ2) is 8.28. The zero-order chi connectivity index (χ0) is 17.1. The van der Waals surface area contributed by atoms with Gasteiger partial charge in [-0.15, -0.1) is 12.4 Å². The molecule has 1 aliphatic heterocycles. The minimum atomic E-state index is -0.536. The number of nitrogens with one attached hydrogen (secondary N) is 1. The summed E-state index contributed by atoms with van der Waals surface area (Å²) in [7, 11) is 0. The first-order valence-corrected chi connectivity index (χ1v) is 7.85. The smallest absolute Gasteiger partial charge is 0.307 e. The number of carbonyl (C=O) groups excluding carboxylic acids is 1. The first kappa shape index (κ1) is 19.2. The van der Waals surface area contributed by atoms with Gasteiger partial charge in [0.15, 0.2) is 0 Å². The number of nitrogens with zero attached hydrogens (tertiary/aromatic N) is 4. The van der Waals surface area contributed by atoms with E-state index in [1.165, 1.54) is 10.9 Å². The highest BCUT2D eigenvalue weighted by Gasteiger charge is 2.29. The maximum Gasteiger partial charge on any atom is 0.307 e. The lowest BCUT2D eigenvalue weighted by molar-refractivity contribution is -0.385. The quantitative estimate of drug-likeness (QED) is 0.641. The van der Waals surface area contributed by atoms with Gasteiger partial charge in [0.05, 0.1) is 11.0 Å². The number of hydrogen-bond donors (Lipinski definition) is 1. The van der Waals surface area contributed by atoms with Gasteiger partial charge in [0, 0.05) is 24.7 Å². The number of piperazine rings is 1. The number of hydrogen-bond acceptors (Lipinski definition) is 5. The van der Waals surface area contributed by atoms with Gasteiger partial charge in [-0.1, -0.05) is 29.8 Å². The highest BCUT2D eigenvalue weighted by atomic mass is 35.5. The van der Waals surface area contributed by atoms with E-state index in [0.29, 0.717) is 24.7 Å². The van der Waals surface area contributed by atoms with Crippen molar-refractivity contribution in [1.29, 1.82) is 0 Å². The van der Waals surface area contributed by atoms with Crippen LogP contribution in [0.3, 0.4) is 0 Å². The number of rotatable bonds is 4. The molecule has 0 radical (unpaired) electrons. The van der Waals surface area contributed by atoms with E-state index in [9.17, 15) is 14.9 Å². The van der Waals surface area contributed by atoms with Crippen molar-refractivity contribution >= 4 is 35.6 Å². The summed E-state index contributed by atoms with van der Waals surface area (Å²) in [6.45, 7) is 1.79. The van der Waals surface area contributed by atoms with Crippen LogP contribution in [0.25, 0.3) is 0 Å². The van der Waals surface area contributed by atoms with Gasteiger partial charge >= 0.3 is 5.69 Å². The Kier molecular flexibility index (Phi) is 6.35. The van der Waals surface area contributed by atoms with Crippen molar-refractivity contribution in [3.63, 3.8) is 0 Å². The standard InChI is InChI=1S/C15H16ClN5O3.ClH/c16-13-4-2-1-3-12(13)14-8-17-5-6-20(14)15(22)10-19-9-11(7-18-19)21(23)24;/h1-4,7,9,14,17H,5-6,8,10H2;1H. The summed E-state index contributed by atoms with van der Waals surface area (Å²) in [5.74, 6) is -0.153. The fourth-order valence-corrected chi connectivity index (χ4v) is 3.05. The minimum absolute atomic E-state index is 0. The van der Waals surface area contributed by atoms with E-state index < -0.39 is 4.92 Å². The summed E-state index contributed by atoms with van der Waals surface area (Å²) < 4.78 is 1.28. The number of amides is 1. The largest absolute Gasteiger partial charge is 0.331 e. The van der Waals surface area contributed by atoms with Gasteiger partial charge in [-0.2, -0.15) is 5.10 Å². The van der Waals surface area contributed by atoms with E-state index in [-0.39, 0.29) is 36.6 Å². The highest BCUT2D eigenvalue weighted by molar-refractivity contribution is 6.31. The van der Waals surface area contributed by atoms with Crippen LogP contribution in [-0.2, 0) is 11.3 Å². The Morgan fingerprint density at radius 2 is 2.20 bits per heavy atom. The summed E-state index contributed by atoms with van der Waals surface area (Å²) in [5, 5.41) is 18.5. The predicted octanol–water partition coefficient (Wildman–Crippen LogP) is 2.04. The minimum Gasteiger partial charge on any atom is -0.331 e. The third-order valence-electron chi connectivity index (χ3n) is 3.96. The van der Waals surface area contributed by atoms with Crippen molar-refractivity contribution in [1.82, 2.24) is 20.0 Å². The molecule has 0 saturated carbocycles. The Labute approximate surface area is 155 Å². The third-order valence-corrected chi connectivity index (χ3v) is 4.30. The van der Waals surface area contributed by atoms with Gasteiger partial charge in [0.2, 0.25) is 5.91 Å². The SMILES string of the molecule is Cl.O=C(Cn1cc([N+](=O)[O-])cn1)N1CCNCC1c1ccccc1Cl. The molecule has 1 saturated heterocycles. The molecule has 1 N–H and O–H groups in total. The molecule has 2 heterocycles. The van der Waals surface area contributed by atoms with E-state index in [1.54, 1.807) is 11.0 Å². The van der Waals surface area contributed by atoms with E-state index in [1.807, 2.05) is 18.2 Å². The first-order valence-electron chi connectivity index (χ1n) is 7.47. The molecule has 1 fully saturated rings. The lowest BCUT2D eigenvalue weighted by atomic mass is 10.0. The molecule has 10 heteroatoms. The molecule has 1 unspecified atom stereocenters. The molecular formula is C15H17Cl2N5O3. The summed E-state index contributed by atoms with van der Waals surface area (Å²) in [6, 6.07) is 7.25. The monoisotopic (exact) mass is 385 g/mol. The Balaban J connectivity index is 0.00000225. The summed E-state index contributed by atoms with van der Waals surface area (Å²) in [6.07, 6.45) is 2.39. The van der Waals surface area contributed by atoms with Crippen LogP contribution in [0.2, 0.25) is 5.02 Å². The van der Waals surface area contributed by atoms with Gasteiger partial charge in [0.1, 0.15) is 18.9 Å². The topological polar surface area (TPSA) is 93.3 Å². The van der Waals surface area contributed by atoms with Crippen molar-refractivity contribution in [2.24, 2.45) is 0 Å². The van der Waals surface area contributed by atoms with Gasteiger partial charge in [-0.3, -0.25) is 19.6 Å². The molecule has 1 atom stereocenters. The van der Waals surface area contributed by atoms with Gasteiger partial charge in [-0.25, -0.2) is 0 Å². The fraction of sp³-hybridized carbons (Fsp3) is 0.333. The van der Waals surface area contributed by atoms with Crippen molar-refractivity contribution < 1.29 is 9.72 Å². The maximum absolute atomic E-state index is 12.7. The van der Waals surface area contributed by atoms with E-state index in [4.69, 9.17) is 11.6 Å². The molecule has 25 heavy (non-hydrogen) atoms. The molecule has 3 rings (SSSR count). The van der Waals surface area contributed by atoms with Crippen molar-refractivity contribution in [2.75, 3.05) is 19.6 Å². The van der Waals surface area contributed by atoms with E-state index >= 15 is 0 Å². The number of aromatic nitrogens is 2. The van der Waals surface area contributed by atoms with Gasteiger partial charge < -0.3 is 10.2 Å². The molecule has 1 aliphatic rings. The zero-order valence-electron chi connectivity index (χ0n) is 13.2. The number of halogens is 2. The Morgan fingerprint density at radius 3 is 2.88 bits per heavy atom. The predicted molar refractivity (Wildman–Crippen MR) is 94.9 cm³/mol. The molecule has 1 aromatic heterocycles. The molecule has 1 amide bonds. The first-order chi connectivity index (χ1) is 11.6. The molecule has 134 valence electrons. The fourth-order valence-electron chi connectivity index (χ4n) is 2.79. The third kappa shape index (κ3) is 4.28. The summed E-state index contributed by atoms with van der Waals surface area (Å²) in [5.41, 5.74) is 0.747. The lowest BCUT2D eigenvalue weighted by Gasteiger charge is -2.37. The van der Waals surface area contributed by atoms with E-state index in [0.717, 1.165) is 11.8 Å². The van der Waals surface area contributed by atoms with Crippen molar-refractivity contribution in [3.8, 4) is 0 Å². The molecule has 0 spiro atoms. The van der Waals surface area contributed by atoms with Crippen LogP contribution in [0, 0.1) is 10.1 Å². The number of nitro groups is 1. The van der Waals surface area contributed by atoms with Crippen LogP contribution < -0.4 is 5.32 Å².